The second kappa shape index (κ2) is 9.30. The van der Waals surface area contributed by atoms with E-state index in [1.165, 1.54) is 93.4 Å². The van der Waals surface area contributed by atoms with Gasteiger partial charge in [-0.1, -0.05) is 78.4 Å². The van der Waals surface area contributed by atoms with Crippen molar-refractivity contribution in [3.63, 3.8) is 0 Å². The fraction of sp³-hybridized carbons (Fsp3) is 0.0698. The van der Waals surface area contributed by atoms with Crippen LogP contribution in [0.25, 0.3) is 65.3 Å². The quantitative estimate of drug-likeness (QED) is 0.177. The highest BCUT2D eigenvalue weighted by Gasteiger charge is 2.44. The molecule has 5 heterocycles. The van der Waals surface area contributed by atoms with Gasteiger partial charge in [-0.2, -0.15) is 0 Å². The van der Waals surface area contributed by atoms with Gasteiger partial charge in [-0.25, -0.2) is 0 Å². The molecule has 0 atom stereocenters. The molecule has 0 spiro atoms. The highest BCUT2D eigenvalue weighted by molar-refractivity contribution is 7.17. The zero-order valence-electron chi connectivity index (χ0n) is 26.8. The molecule has 48 heavy (non-hydrogen) atoms. The fourth-order valence-electron chi connectivity index (χ4n) is 8.98. The number of hydrogen-bond donors (Lipinski definition) is 0. The molecule has 3 nitrogen and oxygen atoms in total. The first-order chi connectivity index (χ1) is 23.6. The zero-order valence-corrected chi connectivity index (χ0v) is 27.7. The average Bonchev–Trinajstić information content (AvgIpc) is 3.79. The molecular weight excluding hydrogens is 603 g/mol. The van der Waals surface area contributed by atoms with Crippen molar-refractivity contribution >= 4 is 89.9 Å². The molecule has 0 saturated carbocycles. The van der Waals surface area contributed by atoms with Crippen LogP contribution < -0.4 is 15.8 Å². The largest absolute Gasteiger partial charge is 0.455 e. The smallest absolute Gasteiger partial charge is 0.333 e. The van der Waals surface area contributed by atoms with Crippen LogP contribution in [0.5, 0.6) is 0 Å². The molecule has 226 valence electrons. The van der Waals surface area contributed by atoms with Crippen LogP contribution in [0.3, 0.4) is 0 Å². The Morgan fingerprint density at radius 1 is 0.688 bits per heavy atom. The summed E-state index contributed by atoms with van der Waals surface area (Å²) in [6.45, 7) is 6.71. The summed E-state index contributed by atoms with van der Waals surface area (Å²) in [7, 11) is 0. The van der Waals surface area contributed by atoms with Gasteiger partial charge in [0.2, 0.25) is 0 Å². The first-order valence-corrected chi connectivity index (χ1v) is 17.5. The Morgan fingerprint density at radius 3 is 2.31 bits per heavy atom. The molecular formula is C43H29BN2OS. The maximum atomic E-state index is 6.82. The number of benzene rings is 6. The van der Waals surface area contributed by atoms with Gasteiger partial charge in [0.25, 0.3) is 0 Å². The van der Waals surface area contributed by atoms with Gasteiger partial charge in [-0.05, 0) is 96.4 Å². The topological polar surface area (TPSA) is 21.3 Å². The maximum Gasteiger partial charge on any atom is 0.333 e. The van der Waals surface area contributed by atoms with Gasteiger partial charge in [-0.15, -0.1) is 11.3 Å². The third-order valence-corrected chi connectivity index (χ3v) is 11.7. The van der Waals surface area contributed by atoms with Crippen molar-refractivity contribution in [2.45, 2.75) is 20.8 Å². The van der Waals surface area contributed by atoms with Crippen LogP contribution in [0.2, 0.25) is 0 Å². The van der Waals surface area contributed by atoms with E-state index in [1.54, 1.807) is 0 Å². The Balaban J connectivity index is 1.31. The molecule has 3 aromatic heterocycles. The van der Waals surface area contributed by atoms with Gasteiger partial charge in [0.05, 0.1) is 16.6 Å². The predicted molar refractivity (Wildman–Crippen MR) is 205 cm³/mol. The van der Waals surface area contributed by atoms with E-state index < -0.39 is 0 Å². The van der Waals surface area contributed by atoms with Crippen LogP contribution in [-0.4, -0.2) is 11.3 Å². The summed E-state index contributed by atoms with van der Waals surface area (Å²) in [5, 5.41) is 7.17. The molecule has 0 N–H and O–H groups in total. The number of furan rings is 1. The van der Waals surface area contributed by atoms with E-state index in [0.717, 1.165) is 16.6 Å². The molecule has 0 fully saturated rings. The number of para-hydroxylation sites is 3. The molecule has 0 radical (unpaired) electrons. The molecule has 2 aliphatic rings. The molecule has 2 aliphatic heterocycles. The SMILES string of the molecule is Cc1cc(C)c(-c2ccc3c(c2)c2c4oc5ccccc5c4cc4c2n3B2c3ccccc3N(c3ccccc3)c3csc-4c32)c(C)c1. The lowest BCUT2D eigenvalue weighted by molar-refractivity contribution is 0.673. The first kappa shape index (κ1) is 26.5. The van der Waals surface area contributed by atoms with Crippen LogP contribution in [0.4, 0.5) is 17.1 Å². The maximum absolute atomic E-state index is 6.82. The van der Waals surface area contributed by atoms with E-state index in [4.69, 9.17) is 4.42 Å². The minimum atomic E-state index is 0.0421. The van der Waals surface area contributed by atoms with Crippen LogP contribution in [0, 0.1) is 20.8 Å². The number of fused-ring (bicyclic) bond motifs is 11. The summed E-state index contributed by atoms with van der Waals surface area (Å²) in [5.41, 5.74) is 18.6. The van der Waals surface area contributed by atoms with Crippen LogP contribution >= 0.6 is 11.3 Å². The average molecular weight is 633 g/mol. The number of thiophene rings is 1. The summed E-state index contributed by atoms with van der Waals surface area (Å²) in [4.78, 5) is 3.81. The standard InChI is InChI=1S/C43H29BN2OS/c1-24-19-25(2)38(26(3)20-24)27-17-18-34-31(21-27)39-41-32(22-30-29-13-7-10-16-37(29)47-42(30)39)43-40-36(23-48-43)45(28-11-5-4-6-12-28)35-15-9-8-14-33(35)44(40)46(34)41/h4-23H,1-3H3. The second-order valence-electron chi connectivity index (χ2n) is 13.5. The van der Waals surface area contributed by atoms with Crippen LogP contribution in [0.1, 0.15) is 16.7 Å². The molecule has 0 saturated heterocycles. The van der Waals surface area contributed by atoms with E-state index in [1.807, 2.05) is 11.3 Å². The van der Waals surface area contributed by atoms with Gasteiger partial charge in [0, 0.05) is 48.9 Å². The van der Waals surface area contributed by atoms with Crippen LogP contribution in [-0.2, 0) is 0 Å². The van der Waals surface area contributed by atoms with Crippen molar-refractivity contribution < 1.29 is 4.42 Å². The molecule has 0 aliphatic carbocycles. The molecule has 0 unspecified atom stereocenters. The lowest BCUT2D eigenvalue weighted by Gasteiger charge is -2.37. The van der Waals surface area contributed by atoms with Crippen molar-refractivity contribution in [2.24, 2.45) is 0 Å². The van der Waals surface area contributed by atoms with Crippen LogP contribution in [0.15, 0.2) is 125 Å². The van der Waals surface area contributed by atoms with Gasteiger partial charge in [0.15, 0.2) is 0 Å². The van der Waals surface area contributed by atoms with Crippen molar-refractivity contribution in [2.75, 3.05) is 4.90 Å². The summed E-state index contributed by atoms with van der Waals surface area (Å²) < 4.78 is 9.45. The summed E-state index contributed by atoms with van der Waals surface area (Å²) in [6, 6.07) is 42.4. The van der Waals surface area contributed by atoms with Gasteiger partial charge >= 0.3 is 6.85 Å². The molecule has 9 aromatic rings. The Labute approximate surface area is 282 Å². The second-order valence-corrected chi connectivity index (χ2v) is 14.4. The molecule has 0 bridgehead atoms. The molecule has 5 heteroatoms. The van der Waals surface area contributed by atoms with Crippen molar-refractivity contribution in [3.8, 4) is 21.6 Å². The molecule has 0 amide bonds. The number of anilines is 3. The van der Waals surface area contributed by atoms with E-state index in [-0.39, 0.29) is 6.85 Å². The number of aromatic nitrogens is 1. The number of nitrogens with zero attached hydrogens (tertiary/aromatic N) is 2. The first-order valence-electron chi connectivity index (χ1n) is 16.6. The van der Waals surface area contributed by atoms with E-state index in [0.29, 0.717) is 0 Å². The lowest BCUT2D eigenvalue weighted by atomic mass is 9.46. The van der Waals surface area contributed by atoms with Crippen molar-refractivity contribution in [1.29, 1.82) is 0 Å². The van der Waals surface area contributed by atoms with Gasteiger partial charge in [0.1, 0.15) is 11.2 Å². The zero-order chi connectivity index (χ0) is 31.8. The van der Waals surface area contributed by atoms with Crippen molar-refractivity contribution in [1.82, 2.24) is 4.48 Å². The van der Waals surface area contributed by atoms with E-state index in [9.17, 15) is 0 Å². The number of rotatable bonds is 2. The number of aryl methyl sites for hydroxylation is 3. The Kier molecular flexibility index (Phi) is 5.15. The minimum Gasteiger partial charge on any atom is -0.455 e. The minimum absolute atomic E-state index is 0.0421. The summed E-state index contributed by atoms with van der Waals surface area (Å²) >= 11 is 1.87. The predicted octanol–water partition coefficient (Wildman–Crippen LogP) is 10.8. The lowest BCUT2D eigenvalue weighted by Crippen LogP contribution is -2.55. The fourth-order valence-corrected chi connectivity index (χ4v) is 10.1. The molecule has 6 aromatic carbocycles. The number of hydrogen-bond acceptors (Lipinski definition) is 3. The Morgan fingerprint density at radius 2 is 1.46 bits per heavy atom. The molecule has 11 rings (SSSR count). The monoisotopic (exact) mass is 632 g/mol. The highest BCUT2D eigenvalue weighted by atomic mass is 32.1. The highest BCUT2D eigenvalue weighted by Crippen LogP contribution is 2.51. The summed E-state index contributed by atoms with van der Waals surface area (Å²) in [5.74, 6) is 0. The van der Waals surface area contributed by atoms with Gasteiger partial charge < -0.3 is 13.8 Å². The van der Waals surface area contributed by atoms with E-state index >= 15 is 0 Å². The third-order valence-electron chi connectivity index (χ3n) is 10.7. The van der Waals surface area contributed by atoms with Crippen molar-refractivity contribution in [3.05, 3.63) is 137 Å². The summed E-state index contributed by atoms with van der Waals surface area (Å²) in [6.07, 6.45) is 0. The third kappa shape index (κ3) is 3.29. The Hall–Kier alpha value is -5.52. The van der Waals surface area contributed by atoms with E-state index in [2.05, 4.69) is 151 Å². The normalized spacial score (nSPS) is 13.2. The Bertz CT molecular complexity index is 2820. The van der Waals surface area contributed by atoms with Gasteiger partial charge in [-0.3, -0.25) is 0 Å².